The summed E-state index contributed by atoms with van der Waals surface area (Å²) in [6.07, 6.45) is 0.915. The predicted molar refractivity (Wildman–Crippen MR) is 54.6 cm³/mol. The summed E-state index contributed by atoms with van der Waals surface area (Å²) in [6, 6.07) is 5.64. The van der Waals surface area contributed by atoms with Crippen LogP contribution in [0.3, 0.4) is 0 Å². The van der Waals surface area contributed by atoms with E-state index in [1.165, 1.54) is 0 Å². The van der Waals surface area contributed by atoms with Crippen LogP contribution in [0, 0.1) is 0 Å². The Hall–Kier alpha value is -1.22. The second kappa shape index (κ2) is 3.88. The zero-order valence-electron chi connectivity index (χ0n) is 8.29. The molecule has 0 saturated heterocycles. The van der Waals surface area contributed by atoms with Crippen LogP contribution >= 0.6 is 0 Å². The SMILES string of the molecule is CCNC1CCOc2cccc(O)c21. The van der Waals surface area contributed by atoms with E-state index < -0.39 is 0 Å². The summed E-state index contributed by atoms with van der Waals surface area (Å²) < 4.78 is 5.48. The molecule has 1 aliphatic heterocycles. The third-order valence-corrected chi connectivity index (χ3v) is 2.51. The highest BCUT2D eigenvalue weighted by Crippen LogP contribution is 2.37. The number of benzene rings is 1. The zero-order valence-corrected chi connectivity index (χ0v) is 8.29. The van der Waals surface area contributed by atoms with Gasteiger partial charge in [0.05, 0.1) is 12.2 Å². The van der Waals surface area contributed by atoms with Gasteiger partial charge < -0.3 is 15.2 Å². The first-order chi connectivity index (χ1) is 6.83. The highest BCUT2D eigenvalue weighted by molar-refractivity contribution is 5.47. The molecule has 2 N–H and O–H groups in total. The van der Waals surface area contributed by atoms with Crippen LogP contribution in [0.5, 0.6) is 11.5 Å². The summed E-state index contributed by atoms with van der Waals surface area (Å²) in [4.78, 5) is 0. The lowest BCUT2D eigenvalue weighted by Crippen LogP contribution is -2.26. The van der Waals surface area contributed by atoms with Crippen molar-refractivity contribution in [2.45, 2.75) is 19.4 Å². The van der Waals surface area contributed by atoms with Gasteiger partial charge in [-0.05, 0) is 18.7 Å². The van der Waals surface area contributed by atoms with Crippen molar-refractivity contribution in [3.05, 3.63) is 23.8 Å². The lowest BCUT2D eigenvalue weighted by Gasteiger charge is -2.26. The third-order valence-electron chi connectivity index (χ3n) is 2.51. The summed E-state index contributed by atoms with van der Waals surface area (Å²) in [5.74, 6) is 1.13. The second-order valence-corrected chi connectivity index (χ2v) is 3.44. The maximum Gasteiger partial charge on any atom is 0.127 e. The predicted octanol–water partition coefficient (Wildman–Crippen LogP) is 1.83. The van der Waals surface area contributed by atoms with Gasteiger partial charge in [-0.2, -0.15) is 0 Å². The van der Waals surface area contributed by atoms with E-state index in [0.29, 0.717) is 12.4 Å². The van der Waals surface area contributed by atoms with E-state index in [1.807, 2.05) is 12.1 Å². The molecule has 2 rings (SSSR count). The van der Waals surface area contributed by atoms with Gasteiger partial charge in [0.2, 0.25) is 0 Å². The molecule has 3 heteroatoms. The van der Waals surface area contributed by atoms with Crippen molar-refractivity contribution < 1.29 is 9.84 Å². The van der Waals surface area contributed by atoms with Crippen molar-refractivity contribution in [3.63, 3.8) is 0 Å². The minimum absolute atomic E-state index is 0.227. The molecule has 0 spiro atoms. The average Bonchev–Trinajstić information content (AvgIpc) is 2.19. The quantitative estimate of drug-likeness (QED) is 0.752. The number of rotatable bonds is 2. The molecule has 0 aliphatic carbocycles. The lowest BCUT2D eigenvalue weighted by molar-refractivity contribution is 0.249. The number of hydrogen-bond acceptors (Lipinski definition) is 3. The van der Waals surface area contributed by atoms with Crippen LogP contribution in [0.15, 0.2) is 18.2 Å². The zero-order chi connectivity index (χ0) is 9.97. The smallest absolute Gasteiger partial charge is 0.127 e. The van der Waals surface area contributed by atoms with Gasteiger partial charge in [0.25, 0.3) is 0 Å². The third kappa shape index (κ3) is 1.55. The van der Waals surface area contributed by atoms with Crippen molar-refractivity contribution in [1.82, 2.24) is 5.32 Å². The Kier molecular flexibility index (Phi) is 2.59. The largest absolute Gasteiger partial charge is 0.507 e. The van der Waals surface area contributed by atoms with Crippen LogP contribution in [-0.2, 0) is 0 Å². The van der Waals surface area contributed by atoms with E-state index in [0.717, 1.165) is 24.3 Å². The Labute approximate surface area is 83.7 Å². The molecule has 1 aromatic rings. The number of phenolic OH excluding ortho intramolecular Hbond substituents is 1. The van der Waals surface area contributed by atoms with E-state index in [9.17, 15) is 5.11 Å². The van der Waals surface area contributed by atoms with E-state index in [1.54, 1.807) is 6.07 Å². The van der Waals surface area contributed by atoms with Crippen LogP contribution in [0.1, 0.15) is 24.9 Å². The summed E-state index contributed by atoms with van der Waals surface area (Å²) in [7, 11) is 0. The number of phenols is 1. The van der Waals surface area contributed by atoms with E-state index in [4.69, 9.17) is 4.74 Å². The number of hydrogen-bond donors (Lipinski definition) is 2. The second-order valence-electron chi connectivity index (χ2n) is 3.44. The fraction of sp³-hybridized carbons (Fsp3) is 0.455. The molecule has 0 radical (unpaired) electrons. The average molecular weight is 193 g/mol. The molecular weight excluding hydrogens is 178 g/mol. The molecule has 1 unspecified atom stereocenters. The minimum atomic E-state index is 0.227. The standard InChI is InChI=1S/C11H15NO2/c1-2-12-8-6-7-14-10-5-3-4-9(13)11(8)10/h3-5,8,12-13H,2,6-7H2,1H3. The first-order valence-electron chi connectivity index (χ1n) is 5.01. The Morgan fingerprint density at radius 1 is 1.57 bits per heavy atom. The highest BCUT2D eigenvalue weighted by Gasteiger charge is 2.23. The fourth-order valence-electron chi connectivity index (χ4n) is 1.89. The van der Waals surface area contributed by atoms with E-state index in [-0.39, 0.29) is 6.04 Å². The first kappa shape index (κ1) is 9.34. The normalized spacial score (nSPS) is 19.9. The molecular formula is C11H15NO2. The van der Waals surface area contributed by atoms with Gasteiger partial charge in [0.1, 0.15) is 11.5 Å². The minimum Gasteiger partial charge on any atom is -0.507 e. The molecule has 76 valence electrons. The van der Waals surface area contributed by atoms with Crippen molar-refractivity contribution >= 4 is 0 Å². The Balaban J connectivity index is 2.36. The summed E-state index contributed by atoms with van der Waals surface area (Å²) in [6.45, 7) is 3.68. The molecule has 0 saturated carbocycles. The molecule has 1 aromatic carbocycles. The first-order valence-corrected chi connectivity index (χ1v) is 5.01. The van der Waals surface area contributed by atoms with Gasteiger partial charge in [0.15, 0.2) is 0 Å². The van der Waals surface area contributed by atoms with Crippen molar-refractivity contribution in [2.75, 3.05) is 13.2 Å². The van der Waals surface area contributed by atoms with Crippen LogP contribution in [0.2, 0.25) is 0 Å². The van der Waals surface area contributed by atoms with Crippen LogP contribution in [0.25, 0.3) is 0 Å². The molecule has 1 atom stereocenters. The summed E-state index contributed by atoms with van der Waals surface area (Å²) in [5, 5.41) is 13.1. The van der Waals surface area contributed by atoms with Gasteiger partial charge in [-0.25, -0.2) is 0 Å². The van der Waals surface area contributed by atoms with Gasteiger partial charge in [-0.1, -0.05) is 13.0 Å². The van der Waals surface area contributed by atoms with Gasteiger partial charge >= 0.3 is 0 Å². The topological polar surface area (TPSA) is 41.5 Å². The maximum atomic E-state index is 9.73. The number of fused-ring (bicyclic) bond motifs is 1. The van der Waals surface area contributed by atoms with Crippen LogP contribution in [0.4, 0.5) is 0 Å². The number of ether oxygens (including phenoxy) is 1. The molecule has 0 bridgehead atoms. The Morgan fingerprint density at radius 3 is 3.21 bits per heavy atom. The number of nitrogens with one attached hydrogen (secondary N) is 1. The van der Waals surface area contributed by atoms with Crippen LogP contribution < -0.4 is 10.1 Å². The number of aromatic hydroxyl groups is 1. The van der Waals surface area contributed by atoms with Crippen molar-refractivity contribution in [3.8, 4) is 11.5 Å². The van der Waals surface area contributed by atoms with Gasteiger partial charge in [-0.15, -0.1) is 0 Å². The van der Waals surface area contributed by atoms with E-state index >= 15 is 0 Å². The highest BCUT2D eigenvalue weighted by atomic mass is 16.5. The molecule has 14 heavy (non-hydrogen) atoms. The molecule has 0 amide bonds. The lowest BCUT2D eigenvalue weighted by atomic mass is 9.99. The van der Waals surface area contributed by atoms with Gasteiger partial charge in [-0.3, -0.25) is 0 Å². The van der Waals surface area contributed by atoms with Crippen LogP contribution in [-0.4, -0.2) is 18.3 Å². The Bertz CT molecular complexity index is 325. The van der Waals surface area contributed by atoms with Crippen molar-refractivity contribution in [1.29, 1.82) is 0 Å². The summed E-state index contributed by atoms with van der Waals surface area (Å²) in [5.41, 5.74) is 0.903. The molecule has 0 aromatic heterocycles. The summed E-state index contributed by atoms with van der Waals surface area (Å²) >= 11 is 0. The van der Waals surface area contributed by atoms with Gasteiger partial charge in [0, 0.05) is 12.5 Å². The maximum absolute atomic E-state index is 9.73. The molecule has 0 fully saturated rings. The fourth-order valence-corrected chi connectivity index (χ4v) is 1.89. The molecule has 3 nitrogen and oxygen atoms in total. The van der Waals surface area contributed by atoms with Crippen molar-refractivity contribution in [2.24, 2.45) is 0 Å². The van der Waals surface area contributed by atoms with E-state index in [2.05, 4.69) is 12.2 Å². The molecule has 1 aliphatic rings. The monoisotopic (exact) mass is 193 g/mol. The molecule has 1 heterocycles. The Morgan fingerprint density at radius 2 is 2.43 bits per heavy atom.